The molecule has 10 heteroatoms. The average Bonchev–Trinajstić information content (AvgIpc) is 2.99. The second-order valence-electron chi connectivity index (χ2n) is 9.39. The van der Waals surface area contributed by atoms with E-state index in [4.69, 9.17) is 19.2 Å². The molecule has 0 aliphatic heterocycles. The zero-order valence-electron chi connectivity index (χ0n) is 22.5. The Balaban J connectivity index is 1.43. The smallest absolute Gasteiger partial charge is 0.339 e. The van der Waals surface area contributed by atoms with Crippen LogP contribution in [-0.2, 0) is 16.0 Å². The monoisotopic (exact) mass is 553 g/mol. The van der Waals surface area contributed by atoms with E-state index in [0.29, 0.717) is 45.8 Å². The van der Waals surface area contributed by atoms with Crippen molar-refractivity contribution < 1.29 is 28.7 Å². The van der Waals surface area contributed by atoms with Crippen LogP contribution < -0.4 is 14.8 Å². The number of allylic oxidation sites excluding steroid dienone is 1. The number of esters is 1. The predicted molar refractivity (Wildman–Crippen MR) is 154 cm³/mol. The van der Waals surface area contributed by atoms with Crippen LogP contribution in [0.25, 0.3) is 22.6 Å². The Labute approximate surface area is 235 Å². The summed E-state index contributed by atoms with van der Waals surface area (Å²) in [6, 6.07) is 18.6. The molecular weight excluding hydrogens is 526 g/mol. The third-order valence-electron chi connectivity index (χ3n) is 6.83. The number of non-ortho nitro benzene ring substituents is 1. The number of hydrogen-bond acceptors (Lipinski definition) is 8. The lowest BCUT2D eigenvalue weighted by molar-refractivity contribution is -0.384. The van der Waals surface area contributed by atoms with Gasteiger partial charge in [0.05, 0.1) is 41.6 Å². The fourth-order valence-corrected chi connectivity index (χ4v) is 4.90. The van der Waals surface area contributed by atoms with Crippen LogP contribution in [-0.4, -0.2) is 42.6 Å². The van der Waals surface area contributed by atoms with Crippen molar-refractivity contribution in [2.75, 3.05) is 26.1 Å². The zero-order valence-corrected chi connectivity index (χ0v) is 22.5. The highest BCUT2D eigenvalue weighted by Gasteiger charge is 2.26. The lowest BCUT2D eigenvalue weighted by Crippen LogP contribution is -2.23. The summed E-state index contributed by atoms with van der Waals surface area (Å²) in [6.45, 7) is -0.504. The number of nitrogens with one attached hydrogen (secondary N) is 1. The van der Waals surface area contributed by atoms with Crippen LogP contribution in [0.4, 0.5) is 11.4 Å². The van der Waals surface area contributed by atoms with E-state index in [1.807, 2.05) is 30.3 Å². The molecule has 1 heterocycles. The molecule has 0 atom stereocenters. The molecule has 3 aromatic carbocycles. The second-order valence-corrected chi connectivity index (χ2v) is 9.39. The number of methoxy groups -OCH3 is 2. The average molecular weight is 554 g/mol. The minimum Gasteiger partial charge on any atom is -0.497 e. The van der Waals surface area contributed by atoms with Gasteiger partial charge in [0.2, 0.25) is 0 Å². The fourth-order valence-electron chi connectivity index (χ4n) is 4.90. The number of carbonyl (C=O) groups is 2. The number of nitrogens with zero attached hydrogens (tertiary/aromatic N) is 2. The quantitative estimate of drug-likeness (QED) is 0.164. The number of rotatable bonds is 8. The number of para-hydroxylation sites is 1. The molecule has 208 valence electrons. The Morgan fingerprint density at radius 2 is 1.80 bits per heavy atom. The highest BCUT2D eigenvalue weighted by Crippen LogP contribution is 2.36. The number of ether oxygens (including phenoxy) is 3. The largest absolute Gasteiger partial charge is 0.497 e. The summed E-state index contributed by atoms with van der Waals surface area (Å²) in [4.78, 5) is 41.7. The fraction of sp³-hybridized carbons (Fsp3) is 0.194. The maximum atomic E-state index is 13.5. The van der Waals surface area contributed by atoms with Gasteiger partial charge in [0.15, 0.2) is 6.61 Å². The Morgan fingerprint density at radius 1 is 1.02 bits per heavy atom. The maximum absolute atomic E-state index is 13.5. The van der Waals surface area contributed by atoms with E-state index < -0.39 is 23.4 Å². The normalized spacial score (nSPS) is 13.4. The first kappa shape index (κ1) is 27.3. The summed E-state index contributed by atoms with van der Waals surface area (Å²) < 4.78 is 16.0. The molecular formula is C31H27N3O7. The third-order valence-corrected chi connectivity index (χ3v) is 6.83. The van der Waals surface area contributed by atoms with Crippen molar-refractivity contribution in [2.24, 2.45) is 0 Å². The molecule has 1 aromatic heterocycles. The SMILES string of the molecule is COc1ccc(OC)c(NC(=O)COC(=O)c2c3c(nc4ccccc24)C(=Cc2ccc([N+](=O)[O-])cc2)CCC3)c1. The first-order valence-corrected chi connectivity index (χ1v) is 12.9. The van der Waals surface area contributed by atoms with Gasteiger partial charge in [0.25, 0.3) is 11.6 Å². The molecule has 1 amide bonds. The molecule has 0 saturated carbocycles. The standard InChI is InChI=1S/C31H27N3O7/c1-39-22-14-15-27(40-2)26(17-22)32-28(35)18-41-31(36)29-23-7-3-4-9-25(23)33-30-20(6-5-8-24(29)30)16-19-10-12-21(13-11-19)34(37)38/h3-4,7,9-17H,5-6,8,18H2,1-2H3,(H,32,35). The Hall–Kier alpha value is -5.25. The molecule has 0 saturated heterocycles. The number of pyridine rings is 1. The van der Waals surface area contributed by atoms with E-state index in [1.165, 1.54) is 26.4 Å². The van der Waals surface area contributed by atoms with E-state index in [2.05, 4.69) is 5.32 Å². The van der Waals surface area contributed by atoms with Crippen LogP contribution >= 0.6 is 0 Å². The highest BCUT2D eigenvalue weighted by molar-refractivity contribution is 6.07. The van der Waals surface area contributed by atoms with Crippen LogP contribution in [0.15, 0.2) is 66.7 Å². The van der Waals surface area contributed by atoms with E-state index >= 15 is 0 Å². The van der Waals surface area contributed by atoms with Crippen LogP contribution in [0.1, 0.15) is 40.0 Å². The van der Waals surface area contributed by atoms with Crippen molar-refractivity contribution in [2.45, 2.75) is 19.3 Å². The van der Waals surface area contributed by atoms with E-state index in [9.17, 15) is 19.7 Å². The minimum atomic E-state index is -0.621. The van der Waals surface area contributed by atoms with Gasteiger partial charge < -0.3 is 19.5 Å². The van der Waals surface area contributed by atoms with Crippen LogP contribution in [0.3, 0.4) is 0 Å². The van der Waals surface area contributed by atoms with Gasteiger partial charge in [-0.2, -0.15) is 0 Å². The number of fused-ring (bicyclic) bond motifs is 2. The van der Waals surface area contributed by atoms with Gasteiger partial charge in [0.1, 0.15) is 11.5 Å². The van der Waals surface area contributed by atoms with Gasteiger partial charge in [-0.1, -0.05) is 18.2 Å². The van der Waals surface area contributed by atoms with E-state index in [1.54, 1.807) is 30.3 Å². The number of carbonyl (C=O) groups excluding carboxylic acids is 2. The van der Waals surface area contributed by atoms with Crippen LogP contribution in [0.2, 0.25) is 0 Å². The summed E-state index contributed by atoms with van der Waals surface area (Å²) in [5.41, 5.74) is 4.56. The molecule has 4 aromatic rings. The molecule has 5 rings (SSSR count). The Bertz CT molecular complexity index is 1680. The minimum absolute atomic E-state index is 0.0132. The molecule has 0 unspecified atom stereocenters. The first-order chi connectivity index (χ1) is 19.9. The van der Waals surface area contributed by atoms with Gasteiger partial charge in [-0.25, -0.2) is 9.78 Å². The lowest BCUT2D eigenvalue weighted by atomic mass is 9.86. The number of nitro groups is 1. The molecule has 10 nitrogen and oxygen atoms in total. The van der Waals surface area contributed by atoms with Crippen molar-refractivity contribution in [3.8, 4) is 11.5 Å². The van der Waals surface area contributed by atoms with Gasteiger partial charge in [-0.05, 0) is 72.4 Å². The highest BCUT2D eigenvalue weighted by atomic mass is 16.6. The molecule has 0 radical (unpaired) electrons. The molecule has 41 heavy (non-hydrogen) atoms. The molecule has 0 spiro atoms. The molecule has 0 fully saturated rings. The molecule has 1 N–H and O–H groups in total. The van der Waals surface area contributed by atoms with Gasteiger partial charge in [0, 0.05) is 23.6 Å². The van der Waals surface area contributed by atoms with Crippen molar-refractivity contribution in [3.05, 3.63) is 99.2 Å². The third kappa shape index (κ3) is 5.86. The Kier molecular flexibility index (Phi) is 7.91. The van der Waals surface area contributed by atoms with Crippen LogP contribution in [0, 0.1) is 10.1 Å². The molecule has 1 aliphatic rings. The topological polar surface area (TPSA) is 130 Å². The summed E-state index contributed by atoms with van der Waals surface area (Å²) in [5.74, 6) is -0.183. The number of benzene rings is 3. The van der Waals surface area contributed by atoms with Crippen LogP contribution in [0.5, 0.6) is 11.5 Å². The predicted octanol–water partition coefficient (Wildman–Crippen LogP) is 5.83. The van der Waals surface area contributed by atoms with Crippen molar-refractivity contribution in [1.82, 2.24) is 4.98 Å². The number of amides is 1. The zero-order chi connectivity index (χ0) is 28.9. The van der Waals surface area contributed by atoms with Gasteiger partial charge in [-0.3, -0.25) is 14.9 Å². The molecule has 0 bridgehead atoms. The van der Waals surface area contributed by atoms with E-state index in [-0.39, 0.29) is 5.69 Å². The van der Waals surface area contributed by atoms with Gasteiger partial charge >= 0.3 is 5.97 Å². The summed E-state index contributed by atoms with van der Waals surface area (Å²) in [5, 5.41) is 14.4. The van der Waals surface area contributed by atoms with Crippen molar-refractivity contribution in [3.63, 3.8) is 0 Å². The Morgan fingerprint density at radius 3 is 2.54 bits per heavy atom. The summed E-state index contributed by atoms with van der Waals surface area (Å²) >= 11 is 0. The van der Waals surface area contributed by atoms with Gasteiger partial charge in [-0.15, -0.1) is 0 Å². The lowest BCUT2D eigenvalue weighted by Gasteiger charge is -2.22. The number of anilines is 1. The summed E-state index contributed by atoms with van der Waals surface area (Å²) in [7, 11) is 3.00. The number of aromatic nitrogens is 1. The maximum Gasteiger partial charge on any atom is 0.339 e. The first-order valence-electron chi connectivity index (χ1n) is 12.9. The van der Waals surface area contributed by atoms with Crippen molar-refractivity contribution in [1.29, 1.82) is 0 Å². The number of hydrogen-bond donors (Lipinski definition) is 1. The second kappa shape index (κ2) is 11.9. The molecule has 1 aliphatic carbocycles. The van der Waals surface area contributed by atoms with Crippen molar-refractivity contribution >= 4 is 45.8 Å². The summed E-state index contributed by atoms with van der Waals surface area (Å²) in [6.07, 6.45) is 4.06. The number of nitro benzene ring substituents is 1. The van der Waals surface area contributed by atoms with E-state index in [0.717, 1.165) is 29.5 Å².